The summed E-state index contributed by atoms with van der Waals surface area (Å²) in [5, 5.41) is 16.2. The van der Waals surface area contributed by atoms with Gasteiger partial charge in [-0.15, -0.1) is 12.4 Å². The third-order valence-electron chi connectivity index (χ3n) is 4.17. The summed E-state index contributed by atoms with van der Waals surface area (Å²) in [5.41, 5.74) is -0.0527. The lowest BCUT2D eigenvalue weighted by molar-refractivity contribution is -0.147. The lowest BCUT2D eigenvalue weighted by Crippen LogP contribution is -2.54. The molecule has 1 heterocycles. The largest absolute Gasteiger partial charge is 0.497 e. The van der Waals surface area contributed by atoms with Gasteiger partial charge in [-0.05, 0) is 43.6 Å². The molecule has 1 saturated heterocycles. The number of halogens is 1. The number of nitrogens with one attached hydrogen (secondary N) is 2. The van der Waals surface area contributed by atoms with E-state index < -0.39 is 11.7 Å². The van der Waals surface area contributed by atoms with Crippen LogP contribution in [0.15, 0.2) is 24.3 Å². The van der Waals surface area contributed by atoms with Crippen molar-refractivity contribution >= 4 is 18.3 Å². The minimum Gasteiger partial charge on any atom is -0.497 e. The number of methoxy groups -OCH3 is 2. The lowest BCUT2D eigenvalue weighted by Gasteiger charge is -2.35. The van der Waals surface area contributed by atoms with Crippen molar-refractivity contribution in [2.45, 2.75) is 24.5 Å². The summed E-state index contributed by atoms with van der Waals surface area (Å²) >= 11 is 0. The van der Waals surface area contributed by atoms with Crippen LogP contribution in [0.2, 0.25) is 0 Å². The van der Waals surface area contributed by atoms with Gasteiger partial charge in [-0.2, -0.15) is 0 Å². The SMILES string of the molecule is COc1ccc(C(O)CNC(=O)C2(OC)CCNCC2)cc1.Cl. The van der Waals surface area contributed by atoms with Crippen molar-refractivity contribution in [2.24, 2.45) is 0 Å². The Hall–Kier alpha value is -1.34. The van der Waals surface area contributed by atoms with Crippen molar-refractivity contribution < 1.29 is 19.4 Å². The van der Waals surface area contributed by atoms with Crippen LogP contribution in [0, 0.1) is 0 Å². The third-order valence-corrected chi connectivity index (χ3v) is 4.17. The molecule has 1 fully saturated rings. The Labute approximate surface area is 143 Å². The van der Waals surface area contributed by atoms with Crippen LogP contribution in [0.25, 0.3) is 0 Å². The first-order valence-electron chi connectivity index (χ1n) is 7.47. The zero-order valence-electron chi connectivity index (χ0n) is 13.5. The molecule has 0 saturated carbocycles. The normalized spacial score (nSPS) is 17.7. The summed E-state index contributed by atoms with van der Waals surface area (Å²) < 4.78 is 10.5. The Kier molecular flexibility index (Phi) is 7.78. The van der Waals surface area contributed by atoms with Gasteiger partial charge < -0.3 is 25.2 Å². The third kappa shape index (κ3) is 4.81. The molecule has 23 heavy (non-hydrogen) atoms. The maximum absolute atomic E-state index is 12.4. The van der Waals surface area contributed by atoms with Gasteiger partial charge in [-0.25, -0.2) is 0 Å². The average Bonchev–Trinajstić information content (AvgIpc) is 2.59. The maximum atomic E-state index is 12.4. The maximum Gasteiger partial charge on any atom is 0.252 e. The lowest BCUT2D eigenvalue weighted by atomic mass is 9.91. The molecule has 6 nitrogen and oxygen atoms in total. The number of carbonyl (C=O) groups excluding carboxylic acids is 1. The fraction of sp³-hybridized carbons (Fsp3) is 0.562. The summed E-state index contributed by atoms with van der Waals surface area (Å²) in [6.07, 6.45) is 0.507. The van der Waals surface area contributed by atoms with Crippen LogP contribution in [-0.4, -0.2) is 50.5 Å². The zero-order valence-corrected chi connectivity index (χ0v) is 14.3. The van der Waals surface area contributed by atoms with Gasteiger partial charge in [0.15, 0.2) is 0 Å². The smallest absolute Gasteiger partial charge is 0.252 e. The molecule has 130 valence electrons. The van der Waals surface area contributed by atoms with Crippen molar-refractivity contribution in [3.63, 3.8) is 0 Å². The van der Waals surface area contributed by atoms with Crippen LogP contribution in [-0.2, 0) is 9.53 Å². The zero-order chi connectivity index (χ0) is 16.0. The highest BCUT2D eigenvalue weighted by molar-refractivity contribution is 5.85. The molecule has 0 bridgehead atoms. The molecule has 0 aliphatic carbocycles. The summed E-state index contributed by atoms with van der Waals surface area (Å²) in [7, 11) is 3.15. The predicted molar refractivity (Wildman–Crippen MR) is 90.1 cm³/mol. The molecule has 2 rings (SSSR count). The number of aliphatic hydroxyl groups is 1. The van der Waals surface area contributed by atoms with E-state index in [1.807, 2.05) is 0 Å². The fourth-order valence-corrected chi connectivity index (χ4v) is 2.65. The first-order valence-corrected chi connectivity index (χ1v) is 7.47. The molecule has 0 aromatic heterocycles. The quantitative estimate of drug-likeness (QED) is 0.718. The first kappa shape index (κ1) is 19.7. The Bertz CT molecular complexity index is 489. The summed E-state index contributed by atoms with van der Waals surface area (Å²) in [6.45, 7) is 1.66. The topological polar surface area (TPSA) is 79.8 Å². The van der Waals surface area contributed by atoms with Crippen LogP contribution in [0.4, 0.5) is 0 Å². The van der Waals surface area contributed by atoms with Crippen molar-refractivity contribution in [1.29, 1.82) is 0 Å². The van der Waals surface area contributed by atoms with Crippen molar-refractivity contribution in [3.8, 4) is 5.75 Å². The second kappa shape index (κ2) is 9.08. The van der Waals surface area contributed by atoms with Crippen molar-refractivity contribution in [1.82, 2.24) is 10.6 Å². The number of ether oxygens (including phenoxy) is 2. The number of rotatable bonds is 6. The molecule has 1 amide bonds. The number of aliphatic hydroxyl groups excluding tert-OH is 1. The van der Waals surface area contributed by atoms with Crippen LogP contribution in [0.5, 0.6) is 5.75 Å². The number of piperidine rings is 1. The van der Waals surface area contributed by atoms with Gasteiger partial charge in [0, 0.05) is 13.7 Å². The minimum atomic E-state index is -0.787. The van der Waals surface area contributed by atoms with Crippen LogP contribution >= 0.6 is 12.4 Å². The van der Waals surface area contributed by atoms with Crippen molar-refractivity contribution in [3.05, 3.63) is 29.8 Å². The molecule has 1 aliphatic rings. The number of hydrogen-bond acceptors (Lipinski definition) is 5. The van der Waals surface area contributed by atoms with E-state index >= 15 is 0 Å². The highest BCUT2D eigenvalue weighted by Crippen LogP contribution is 2.23. The molecule has 1 aromatic rings. The van der Waals surface area contributed by atoms with E-state index in [1.54, 1.807) is 38.5 Å². The van der Waals surface area contributed by atoms with Gasteiger partial charge in [0.1, 0.15) is 11.4 Å². The van der Waals surface area contributed by atoms with Crippen LogP contribution in [0.1, 0.15) is 24.5 Å². The van der Waals surface area contributed by atoms with E-state index in [0.29, 0.717) is 12.8 Å². The first-order chi connectivity index (χ1) is 10.6. The van der Waals surface area contributed by atoms with Gasteiger partial charge in [0.05, 0.1) is 13.2 Å². The number of amides is 1. The highest BCUT2D eigenvalue weighted by Gasteiger charge is 2.39. The summed E-state index contributed by atoms with van der Waals surface area (Å²) in [5.74, 6) is 0.567. The average molecular weight is 345 g/mol. The number of carbonyl (C=O) groups is 1. The van der Waals surface area contributed by atoms with Gasteiger partial charge in [0.2, 0.25) is 0 Å². The van der Waals surface area contributed by atoms with E-state index in [9.17, 15) is 9.90 Å². The van der Waals surface area contributed by atoms with Gasteiger partial charge in [-0.3, -0.25) is 4.79 Å². The van der Waals surface area contributed by atoms with Crippen LogP contribution < -0.4 is 15.4 Å². The van der Waals surface area contributed by atoms with Gasteiger partial charge in [-0.1, -0.05) is 12.1 Å². The predicted octanol–water partition coefficient (Wildman–Crippen LogP) is 1.04. The van der Waals surface area contributed by atoms with Crippen LogP contribution in [0.3, 0.4) is 0 Å². The molecule has 1 unspecified atom stereocenters. The molecule has 0 spiro atoms. The molecule has 7 heteroatoms. The molecule has 1 aliphatic heterocycles. The molecular weight excluding hydrogens is 320 g/mol. The highest BCUT2D eigenvalue weighted by atomic mass is 35.5. The van der Waals surface area contributed by atoms with E-state index in [1.165, 1.54) is 0 Å². The second-order valence-electron chi connectivity index (χ2n) is 5.45. The Morgan fingerprint density at radius 3 is 2.43 bits per heavy atom. The molecule has 3 N–H and O–H groups in total. The Morgan fingerprint density at radius 1 is 1.30 bits per heavy atom. The molecule has 0 radical (unpaired) electrons. The molecule has 1 atom stereocenters. The van der Waals surface area contributed by atoms with Gasteiger partial charge in [0.25, 0.3) is 5.91 Å². The molecular formula is C16H25ClN2O4. The summed E-state index contributed by atoms with van der Waals surface area (Å²) in [6, 6.07) is 7.13. The Balaban J connectivity index is 0.00000264. The fourth-order valence-electron chi connectivity index (χ4n) is 2.65. The molecule has 1 aromatic carbocycles. The minimum absolute atomic E-state index is 0. The Morgan fingerprint density at radius 2 is 1.91 bits per heavy atom. The standard InChI is InChI=1S/C16H24N2O4.ClH/c1-21-13-5-3-12(4-6-13)14(19)11-18-15(20)16(22-2)7-9-17-10-8-16;/h3-6,14,17,19H,7-11H2,1-2H3,(H,18,20);1H. The van der Waals surface area contributed by atoms with E-state index in [2.05, 4.69) is 10.6 Å². The van der Waals surface area contributed by atoms with E-state index in [-0.39, 0.29) is 24.9 Å². The number of benzene rings is 1. The number of hydrogen-bond donors (Lipinski definition) is 3. The van der Waals surface area contributed by atoms with E-state index in [4.69, 9.17) is 9.47 Å². The second-order valence-corrected chi connectivity index (χ2v) is 5.45. The van der Waals surface area contributed by atoms with Gasteiger partial charge >= 0.3 is 0 Å². The van der Waals surface area contributed by atoms with E-state index in [0.717, 1.165) is 24.4 Å². The summed E-state index contributed by atoms with van der Waals surface area (Å²) in [4.78, 5) is 12.4. The monoisotopic (exact) mass is 344 g/mol. The van der Waals surface area contributed by atoms with Crippen molar-refractivity contribution in [2.75, 3.05) is 33.9 Å².